The van der Waals surface area contributed by atoms with E-state index in [1.165, 1.54) is 6.92 Å². The molecule has 0 amide bonds. The van der Waals surface area contributed by atoms with E-state index < -0.39 is 6.10 Å². The molecule has 0 aliphatic heterocycles. The molecule has 0 aromatic carbocycles. The van der Waals surface area contributed by atoms with E-state index in [4.69, 9.17) is 14.2 Å². The summed E-state index contributed by atoms with van der Waals surface area (Å²) in [5, 5.41) is 3.51. The Bertz CT molecular complexity index is 505. The molecule has 0 aromatic rings. The molecule has 0 spiro atoms. The van der Waals surface area contributed by atoms with Gasteiger partial charge in [0.15, 0.2) is 0 Å². The van der Waals surface area contributed by atoms with E-state index in [2.05, 4.69) is 39.9 Å². The van der Waals surface area contributed by atoms with Crippen molar-refractivity contribution >= 4 is 11.9 Å². The van der Waals surface area contributed by atoms with E-state index >= 15 is 0 Å². The van der Waals surface area contributed by atoms with Gasteiger partial charge >= 0.3 is 11.9 Å². The molecule has 6 heteroatoms. The molecule has 0 fully saturated rings. The summed E-state index contributed by atoms with van der Waals surface area (Å²) in [6.45, 7) is 13.8. The van der Waals surface area contributed by atoms with E-state index in [0.29, 0.717) is 18.6 Å². The molecule has 0 heterocycles. The van der Waals surface area contributed by atoms with E-state index in [9.17, 15) is 9.59 Å². The average molecular weight is 370 g/mol. The van der Waals surface area contributed by atoms with Crippen molar-refractivity contribution < 1.29 is 23.8 Å². The lowest BCUT2D eigenvalue weighted by Gasteiger charge is -2.41. The smallest absolute Gasteiger partial charge is 0.333 e. The van der Waals surface area contributed by atoms with Crippen molar-refractivity contribution in [1.29, 1.82) is 0 Å². The number of carbonyl (C=O) groups is 2. The van der Waals surface area contributed by atoms with E-state index in [1.54, 1.807) is 6.92 Å². The van der Waals surface area contributed by atoms with Gasteiger partial charge in [0.25, 0.3) is 0 Å². The normalized spacial score (nSPS) is 23.5. The van der Waals surface area contributed by atoms with Gasteiger partial charge in [-0.25, -0.2) is 4.79 Å². The van der Waals surface area contributed by atoms with Gasteiger partial charge in [0.05, 0.1) is 24.9 Å². The van der Waals surface area contributed by atoms with E-state index in [0.717, 1.165) is 12.8 Å². The summed E-state index contributed by atoms with van der Waals surface area (Å²) in [5.74, 6) is -0.751. The van der Waals surface area contributed by atoms with Crippen molar-refractivity contribution in [3.8, 4) is 0 Å². The number of rotatable bonds is 8. The first kappa shape index (κ1) is 22.6. The summed E-state index contributed by atoms with van der Waals surface area (Å²) in [6, 6.07) is -0.238. The van der Waals surface area contributed by atoms with Crippen molar-refractivity contribution in [2.75, 3.05) is 6.61 Å². The molecule has 1 N–H and O–H groups in total. The molecule has 0 saturated heterocycles. The van der Waals surface area contributed by atoms with Crippen molar-refractivity contribution in [2.24, 2.45) is 0 Å². The third-order valence-corrected chi connectivity index (χ3v) is 4.26. The van der Waals surface area contributed by atoms with Crippen LogP contribution >= 0.6 is 0 Å². The maximum Gasteiger partial charge on any atom is 0.333 e. The molecule has 6 nitrogen and oxygen atoms in total. The minimum absolute atomic E-state index is 0.0695. The summed E-state index contributed by atoms with van der Waals surface area (Å²) in [7, 11) is 0. The van der Waals surface area contributed by atoms with Crippen LogP contribution in [-0.4, -0.2) is 48.4 Å². The third kappa shape index (κ3) is 7.08. The van der Waals surface area contributed by atoms with Crippen LogP contribution in [0.15, 0.2) is 11.6 Å². The second-order valence-electron chi connectivity index (χ2n) is 7.72. The van der Waals surface area contributed by atoms with Crippen LogP contribution in [0.3, 0.4) is 0 Å². The monoisotopic (exact) mass is 369 g/mol. The molecule has 0 saturated carbocycles. The van der Waals surface area contributed by atoms with Crippen LogP contribution in [0.2, 0.25) is 0 Å². The molecule has 0 bridgehead atoms. The lowest BCUT2D eigenvalue weighted by Crippen LogP contribution is -2.58. The zero-order valence-corrected chi connectivity index (χ0v) is 17.3. The molecule has 3 atom stereocenters. The summed E-state index contributed by atoms with van der Waals surface area (Å²) < 4.78 is 17.0. The fourth-order valence-electron chi connectivity index (χ4n) is 3.13. The first-order chi connectivity index (χ1) is 12.1. The third-order valence-electron chi connectivity index (χ3n) is 4.26. The molecule has 1 rings (SSSR count). The molecular formula is C20H35NO5. The number of nitrogens with one attached hydrogen (secondary N) is 1. The number of hydrogen-bond acceptors (Lipinski definition) is 6. The fourth-order valence-corrected chi connectivity index (χ4v) is 3.13. The second-order valence-corrected chi connectivity index (χ2v) is 7.72. The Hall–Kier alpha value is -1.40. The highest BCUT2D eigenvalue weighted by atomic mass is 16.6. The number of hydrogen-bond donors (Lipinski definition) is 1. The maximum atomic E-state index is 12.3. The highest BCUT2D eigenvalue weighted by Gasteiger charge is 2.40. The Kier molecular flexibility index (Phi) is 8.77. The summed E-state index contributed by atoms with van der Waals surface area (Å²) in [5.41, 5.74) is 0.300. The van der Waals surface area contributed by atoms with Crippen molar-refractivity contribution in [1.82, 2.24) is 5.32 Å². The van der Waals surface area contributed by atoms with Crippen molar-refractivity contribution in [2.45, 2.75) is 97.6 Å². The van der Waals surface area contributed by atoms with E-state index in [1.807, 2.05) is 6.08 Å². The van der Waals surface area contributed by atoms with Gasteiger partial charge in [0, 0.05) is 24.5 Å². The van der Waals surface area contributed by atoms with Gasteiger partial charge in [0.2, 0.25) is 0 Å². The number of ether oxygens (including phenoxy) is 3. The van der Waals surface area contributed by atoms with Gasteiger partial charge in [-0.3, -0.25) is 4.79 Å². The summed E-state index contributed by atoms with van der Waals surface area (Å²) in [4.78, 5) is 23.9. The van der Waals surface area contributed by atoms with Crippen LogP contribution in [0.1, 0.15) is 67.7 Å². The van der Waals surface area contributed by atoms with Gasteiger partial charge < -0.3 is 19.5 Å². The first-order valence-electron chi connectivity index (χ1n) is 9.59. The Balaban J connectivity index is 3.22. The van der Waals surface area contributed by atoms with Crippen LogP contribution in [0.5, 0.6) is 0 Å². The number of esters is 2. The standard InChI is InChI=1S/C20H35NO5/c1-8-15(9-2)26-17-12-14(19(23)24-10-3)11-16(25-13(4)22)18(17)21-20(5,6)7/h12,15-18,21H,8-11H2,1-7H3/t16-,17-,18+/m1/s1. The van der Waals surface area contributed by atoms with Gasteiger partial charge in [-0.1, -0.05) is 13.8 Å². The van der Waals surface area contributed by atoms with Crippen molar-refractivity contribution in [3.63, 3.8) is 0 Å². The SMILES string of the molecule is CCOC(=O)C1=C[C@@H](OC(CC)CC)[C@@H](NC(C)(C)C)[C@H](OC(C)=O)C1. The Morgan fingerprint density at radius 1 is 1.23 bits per heavy atom. The van der Waals surface area contributed by atoms with Crippen LogP contribution in [0.25, 0.3) is 0 Å². The largest absolute Gasteiger partial charge is 0.463 e. The van der Waals surface area contributed by atoms with Gasteiger partial charge in [-0.15, -0.1) is 0 Å². The maximum absolute atomic E-state index is 12.3. The Labute approximate surface area is 157 Å². The first-order valence-corrected chi connectivity index (χ1v) is 9.59. The lowest BCUT2D eigenvalue weighted by atomic mass is 9.87. The molecule has 1 aliphatic carbocycles. The Morgan fingerprint density at radius 2 is 1.85 bits per heavy atom. The van der Waals surface area contributed by atoms with Gasteiger partial charge in [-0.05, 0) is 46.6 Å². The zero-order valence-electron chi connectivity index (χ0n) is 17.3. The predicted molar refractivity (Wildman–Crippen MR) is 101 cm³/mol. The van der Waals surface area contributed by atoms with E-state index in [-0.39, 0.29) is 35.7 Å². The minimum atomic E-state index is -0.490. The highest BCUT2D eigenvalue weighted by Crippen LogP contribution is 2.28. The second kappa shape index (κ2) is 10.1. The molecular weight excluding hydrogens is 334 g/mol. The van der Waals surface area contributed by atoms with Gasteiger partial charge in [-0.2, -0.15) is 0 Å². The average Bonchev–Trinajstić information content (AvgIpc) is 2.53. The predicted octanol–water partition coefficient (Wildman–Crippen LogP) is 3.14. The van der Waals surface area contributed by atoms with Crippen LogP contribution < -0.4 is 5.32 Å². The fraction of sp³-hybridized carbons (Fsp3) is 0.800. The quantitative estimate of drug-likeness (QED) is 0.663. The molecule has 1 aliphatic rings. The van der Waals surface area contributed by atoms with Crippen LogP contribution in [0.4, 0.5) is 0 Å². The highest BCUT2D eigenvalue weighted by molar-refractivity contribution is 5.89. The topological polar surface area (TPSA) is 73.9 Å². The molecule has 0 unspecified atom stereocenters. The van der Waals surface area contributed by atoms with Crippen molar-refractivity contribution in [3.05, 3.63) is 11.6 Å². The zero-order chi connectivity index (χ0) is 19.9. The van der Waals surface area contributed by atoms with Gasteiger partial charge in [0.1, 0.15) is 6.10 Å². The Morgan fingerprint density at radius 3 is 2.31 bits per heavy atom. The number of carbonyl (C=O) groups excluding carboxylic acids is 2. The lowest BCUT2D eigenvalue weighted by molar-refractivity contribution is -0.153. The molecule has 0 aromatic heterocycles. The minimum Gasteiger partial charge on any atom is -0.463 e. The molecule has 150 valence electrons. The van der Waals surface area contributed by atoms with Crippen LogP contribution in [-0.2, 0) is 23.8 Å². The molecule has 0 radical (unpaired) electrons. The van der Waals surface area contributed by atoms with Crippen LogP contribution in [0, 0.1) is 0 Å². The molecule has 26 heavy (non-hydrogen) atoms. The summed E-state index contributed by atoms with van der Waals surface area (Å²) in [6.07, 6.45) is 3.09. The summed E-state index contributed by atoms with van der Waals surface area (Å²) >= 11 is 0.